The summed E-state index contributed by atoms with van der Waals surface area (Å²) in [5.41, 5.74) is 1.80. The van der Waals surface area contributed by atoms with Crippen LogP contribution in [0.1, 0.15) is 12.6 Å². The van der Waals surface area contributed by atoms with E-state index in [1.165, 1.54) is 17.0 Å². The molecule has 1 aliphatic rings. The summed E-state index contributed by atoms with van der Waals surface area (Å²) in [7, 11) is 0. The molecule has 7 nitrogen and oxygen atoms in total. The maximum absolute atomic E-state index is 12.3. The Morgan fingerprint density at radius 1 is 1.29 bits per heavy atom. The lowest BCUT2D eigenvalue weighted by molar-refractivity contribution is -0.142. The van der Waals surface area contributed by atoms with Gasteiger partial charge in [-0.1, -0.05) is 22.0 Å². The fourth-order valence-corrected chi connectivity index (χ4v) is 4.12. The van der Waals surface area contributed by atoms with E-state index in [1.54, 1.807) is 12.3 Å². The van der Waals surface area contributed by atoms with Crippen molar-refractivity contribution in [1.29, 1.82) is 0 Å². The van der Waals surface area contributed by atoms with Crippen molar-refractivity contribution in [2.75, 3.05) is 49.5 Å². The SMILES string of the molecule is CCOC(=O)Cc1csc(NC(=O)CN2CCN(c3cccc(Br)c3)CC2)n1. The van der Waals surface area contributed by atoms with Crippen LogP contribution >= 0.6 is 27.3 Å². The fraction of sp³-hybridized carbons (Fsp3) is 0.421. The molecule has 1 aromatic heterocycles. The van der Waals surface area contributed by atoms with Crippen LogP contribution in [0.25, 0.3) is 0 Å². The summed E-state index contributed by atoms with van der Waals surface area (Å²) in [5, 5.41) is 5.10. The van der Waals surface area contributed by atoms with Gasteiger partial charge in [-0.05, 0) is 25.1 Å². The number of halogens is 1. The summed E-state index contributed by atoms with van der Waals surface area (Å²) < 4.78 is 5.98. The molecule has 1 aromatic carbocycles. The molecule has 0 radical (unpaired) electrons. The lowest BCUT2D eigenvalue weighted by Gasteiger charge is -2.35. The number of aromatic nitrogens is 1. The zero-order valence-corrected chi connectivity index (χ0v) is 18.1. The molecule has 9 heteroatoms. The monoisotopic (exact) mass is 466 g/mol. The molecule has 0 saturated carbocycles. The molecule has 2 heterocycles. The number of benzene rings is 1. The molecular formula is C19H23BrN4O3S. The van der Waals surface area contributed by atoms with E-state index >= 15 is 0 Å². The van der Waals surface area contributed by atoms with Crippen molar-refractivity contribution in [2.45, 2.75) is 13.3 Å². The van der Waals surface area contributed by atoms with E-state index in [1.807, 2.05) is 12.1 Å². The number of anilines is 2. The van der Waals surface area contributed by atoms with Crippen LogP contribution in [-0.4, -0.2) is 61.1 Å². The third-order valence-electron chi connectivity index (χ3n) is 4.34. The van der Waals surface area contributed by atoms with Gasteiger partial charge in [0, 0.05) is 41.7 Å². The minimum atomic E-state index is -0.311. The van der Waals surface area contributed by atoms with Gasteiger partial charge >= 0.3 is 5.97 Å². The third kappa shape index (κ3) is 6.02. The first-order valence-electron chi connectivity index (χ1n) is 9.16. The predicted octanol–water partition coefficient (Wildman–Crippen LogP) is 2.77. The third-order valence-corrected chi connectivity index (χ3v) is 5.64. The lowest BCUT2D eigenvalue weighted by atomic mass is 10.2. The summed E-state index contributed by atoms with van der Waals surface area (Å²) in [6.07, 6.45) is 0.123. The Kier molecular flexibility index (Phi) is 7.41. The number of ether oxygens (including phenoxy) is 1. The average molecular weight is 467 g/mol. The van der Waals surface area contributed by atoms with E-state index in [9.17, 15) is 9.59 Å². The lowest BCUT2D eigenvalue weighted by Crippen LogP contribution is -2.48. The van der Waals surface area contributed by atoms with Crippen LogP contribution in [0.3, 0.4) is 0 Å². The first-order valence-corrected chi connectivity index (χ1v) is 10.8. The van der Waals surface area contributed by atoms with E-state index < -0.39 is 0 Å². The van der Waals surface area contributed by atoms with Crippen LogP contribution < -0.4 is 10.2 Å². The van der Waals surface area contributed by atoms with Crippen molar-refractivity contribution in [1.82, 2.24) is 9.88 Å². The van der Waals surface area contributed by atoms with Gasteiger partial charge in [-0.25, -0.2) is 4.98 Å². The standard InChI is InChI=1S/C19H23BrN4O3S/c1-2-27-18(26)11-15-13-28-19(21-15)22-17(25)12-23-6-8-24(9-7-23)16-5-3-4-14(20)10-16/h3-5,10,13H,2,6-9,11-12H2,1H3,(H,21,22,25). The highest BCUT2D eigenvalue weighted by Gasteiger charge is 2.20. The second-order valence-electron chi connectivity index (χ2n) is 6.42. The Morgan fingerprint density at radius 2 is 2.07 bits per heavy atom. The van der Waals surface area contributed by atoms with Crippen molar-refractivity contribution >= 4 is 50.0 Å². The van der Waals surface area contributed by atoms with E-state index in [0.717, 1.165) is 30.7 Å². The highest BCUT2D eigenvalue weighted by Crippen LogP contribution is 2.21. The molecule has 1 amide bonds. The second-order valence-corrected chi connectivity index (χ2v) is 8.19. The van der Waals surface area contributed by atoms with Crippen molar-refractivity contribution in [2.24, 2.45) is 0 Å². The smallest absolute Gasteiger partial charge is 0.311 e. The molecule has 1 fully saturated rings. The van der Waals surface area contributed by atoms with Gasteiger partial charge in [-0.15, -0.1) is 11.3 Å². The normalized spacial score (nSPS) is 14.7. The number of esters is 1. The average Bonchev–Trinajstić information content (AvgIpc) is 3.09. The van der Waals surface area contributed by atoms with E-state index in [2.05, 4.69) is 48.2 Å². The maximum atomic E-state index is 12.3. The molecule has 0 unspecified atom stereocenters. The number of nitrogens with zero attached hydrogens (tertiary/aromatic N) is 3. The summed E-state index contributed by atoms with van der Waals surface area (Å²) >= 11 is 4.82. The number of hydrogen-bond acceptors (Lipinski definition) is 7. The minimum absolute atomic E-state index is 0.0899. The number of thiazole rings is 1. The fourth-order valence-electron chi connectivity index (χ4n) is 3.00. The van der Waals surface area contributed by atoms with Crippen LogP contribution in [0.5, 0.6) is 0 Å². The van der Waals surface area contributed by atoms with Gasteiger partial charge in [0.15, 0.2) is 5.13 Å². The maximum Gasteiger partial charge on any atom is 0.311 e. The molecule has 0 atom stereocenters. The Morgan fingerprint density at radius 3 is 2.79 bits per heavy atom. The molecule has 1 aliphatic heterocycles. The first kappa shape index (κ1) is 20.8. The van der Waals surface area contributed by atoms with Gasteiger partial charge in [0.1, 0.15) is 0 Å². The Balaban J connectivity index is 1.43. The second kappa shape index (κ2) is 9.99. The van der Waals surface area contributed by atoms with Crippen molar-refractivity contribution < 1.29 is 14.3 Å². The molecule has 0 aliphatic carbocycles. The number of hydrogen-bond donors (Lipinski definition) is 1. The van der Waals surface area contributed by atoms with Crippen LogP contribution in [0.4, 0.5) is 10.8 Å². The van der Waals surface area contributed by atoms with E-state index in [4.69, 9.17) is 4.74 Å². The predicted molar refractivity (Wildman–Crippen MR) is 114 cm³/mol. The van der Waals surface area contributed by atoms with Gasteiger partial charge in [0.2, 0.25) is 5.91 Å². The molecule has 2 aromatic rings. The van der Waals surface area contributed by atoms with Crippen LogP contribution in [-0.2, 0) is 20.7 Å². The van der Waals surface area contributed by atoms with E-state index in [-0.39, 0.29) is 18.3 Å². The summed E-state index contributed by atoms with van der Waals surface area (Å²) in [6, 6.07) is 8.26. The molecule has 3 rings (SSSR count). The van der Waals surface area contributed by atoms with Gasteiger partial charge < -0.3 is 15.0 Å². The van der Waals surface area contributed by atoms with Gasteiger partial charge in [0.25, 0.3) is 0 Å². The molecule has 1 N–H and O–H groups in total. The molecular weight excluding hydrogens is 444 g/mol. The number of amides is 1. The van der Waals surface area contributed by atoms with Crippen molar-refractivity contribution in [3.63, 3.8) is 0 Å². The highest BCUT2D eigenvalue weighted by molar-refractivity contribution is 9.10. The van der Waals surface area contributed by atoms with Crippen LogP contribution in [0.15, 0.2) is 34.1 Å². The number of nitrogens with one attached hydrogen (secondary N) is 1. The largest absolute Gasteiger partial charge is 0.466 e. The highest BCUT2D eigenvalue weighted by atomic mass is 79.9. The zero-order valence-electron chi connectivity index (χ0n) is 15.7. The molecule has 1 saturated heterocycles. The topological polar surface area (TPSA) is 74.8 Å². The van der Waals surface area contributed by atoms with Crippen LogP contribution in [0.2, 0.25) is 0 Å². The minimum Gasteiger partial charge on any atom is -0.466 e. The Bertz CT molecular complexity index is 821. The van der Waals surface area contributed by atoms with E-state index in [0.29, 0.717) is 24.0 Å². The molecule has 28 heavy (non-hydrogen) atoms. The summed E-state index contributed by atoms with van der Waals surface area (Å²) in [5.74, 6) is -0.401. The number of carbonyl (C=O) groups is 2. The quantitative estimate of drug-likeness (QED) is 0.632. The summed E-state index contributed by atoms with van der Waals surface area (Å²) in [4.78, 5) is 32.5. The number of carbonyl (C=O) groups excluding carboxylic acids is 2. The van der Waals surface area contributed by atoms with Gasteiger partial charge in [0.05, 0.1) is 25.3 Å². The number of piperazine rings is 1. The van der Waals surface area contributed by atoms with Gasteiger partial charge in [-0.3, -0.25) is 14.5 Å². The first-order chi connectivity index (χ1) is 13.5. The molecule has 0 bridgehead atoms. The van der Waals surface area contributed by atoms with Crippen molar-refractivity contribution in [3.8, 4) is 0 Å². The van der Waals surface area contributed by atoms with Crippen molar-refractivity contribution in [3.05, 3.63) is 39.8 Å². The van der Waals surface area contributed by atoms with Crippen LogP contribution in [0, 0.1) is 0 Å². The Labute approximate surface area is 176 Å². The number of rotatable bonds is 7. The Hall–Kier alpha value is -1.97. The zero-order chi connectivity index (χ0) is 19.9. The summed E-state index contributed by atoms with van der Waals surface area (Å²) in [6.45, 7) is 5.86. The molecule has 0 spiro atoms. The molecule has 150 valence electrons. The van der Waals surface area contributed by atoms with Gasteiger partial charge in [-0.2, -0.15) is 0 Å².